The lowest BCUT2D eigenvalue weighted by atomic mass is 10.0. The first-order valence-electron chi connectivity index (χ1n) is 5.45. The van der Waals surface area contributed by atoms with Crippen LogP contribution in [0.15, 0.2) is 0 Å². The molecule has 0 bridgehead atoms. The molecule has 0 heterocycles. The Balaban J connectivity index is 3.52. The summed E-state index contributed by atoms with van der Waals surface area (Å²) in [5.74, 6) is -0.0244. The molecule has 0 aliphatic rings. The third-order valence-electron chi connectivity index (χ3n) is 2.46. The van der Waals surface area contributed by atoms with Gasteiger partial charge >= 0.3 is 5.97 Å². The first kappa shape index (κ1) is 13.4. The maximum atomic E-state index is 11.3. The quantitative estimate of drug-likeness (QED) is 0.640. The van der Waals surface area contributed by atoms with Gasteiger partial charge in [-0.3, -0.25) is 4.79 Å². The van der Waals surface area contributed by atoms with Crippen molar-refractivity contribution in [3.05, 3.63) is 0 Å². The third-order valence-corrected chi connectivity index (χ3v) is 2.46. The Morgan fingerprint density at radius 2 is 2.00 bits per heavy atom. The number of carbonyl (C=O) groups is 1. The van der Waals surface area contributed by atoms with Gasteiger partial charge < -0.3 is 10.1 Å². The second kappa shape index (κ2) is 7.80. The van der Waals surface area contributed by atoms with Crippen LogP contribution in [0.3, 0.4) is 0 Å². The molecule has 14 heavy (non-hydrogen) atoms. The molecule has 0 amide bonds. The summed E-state index contributed by atoms with van der Waals surface area (Å²) in [6.45, 7) is 6.40. The Bertz CT molecular complexity index is 159. The van der Waals surface area contributed by atoms with Crippen molar-refractivity contribution in [2.75, 3.05) is 13.7 Å². The summed E-state index contributed by atoms with van der Waals surface area (Å²) < 4.78 is 4.93. The van der Waals surface area contributed by atoms with E-state index in [0.29, 0.717) is 12.6 Å². The normalized spacial score (nSPS) is 14.9. The summed E-state index contributed by atoms with van der Waals surface area (Å²) >= 11 is 0. The van der Waals surface area contributed by atoms with Gasteiger partial charge in [-0.15, -0.1) is 0 Å². The van der Waals surface area contributed by atoms with Crippen LogP contribution >= 0.6 is 0 Å². The van der Waals surface area contributed by atoms with Crippen LogP contribution in [0.5, 0.6) is 0 Å². The average Bonchev–Trinajstić information content (AvgIpc) is 2.17. The highest BCUT2D eigenvalue weighted by molar-refractivity contribution is 5.71. The van der Waals surface area contributed by atoms with Crippen LogP contribution in [0.2, 0.25) is 0 Å². The first-order chi connectivity index (χ1) is 6.61. The topological polar surface area (TPSA) is 38.3 Å². The van der Waals surface area contributed by atoms with Gasteiger partial charge in [-0.25, -0.2) is 0 Å². The highest BCUT2D eigenvalue weighted by atomic mass is 16.5. The second-order valence-electron chi connectivity index (χ2n) is 3.77. The van der Waals surface area contributed by atoms with E-state index in [0.717, 1.165) is 19.3 Å². The molecule has 0 aliphatic carbocycles. The van der Waals surface area contributed by atoms with E-state index in [9.17, 15) is 4.79 Å². The molecule has 84 valence electrons. The molecule has 0 aromatic heterocycles. The largest absolute Gasteiger partial charge is 0.466 e. The van der Waals surface area contributed by atoms with Crippen LogP contribution in [-0.4, -0.2) is 25.7 Å². The van der Waals surface area contributed by atoms with Gasteiger partial charge in [-0.1, -0.05) is 13.3 Å². The molecule has 1 N–H and O–H groups in total. The lowest BCUT2D eigenvalue weighted by Crippen LogP contribution is -2.21. The minimum atomic E-state index is -0.0652. The molecule has 0 aromatic rings. The van der Waals surface area contributed by atoms with Crippen molar-refractivity contribution >= 4 is 5.97 Å². The molecule has 0 rings (SSSR count). The molecule has 0 fully saturated rings. The highest BCUT2D eigenvalue weighted by Gasteiger charge is 2.13. The Kier molecular flexibility index (Phi) is 7.48. The van der Waals surface area contributed by atoms with Crippen molar-refractivity contribution in [3.63, 3.8) is 0 Å². The van der Waals surface area contributed by atoms with Gasteiger partial charge in [-0.05, 0) is 33.7 Å². The summed E-state index contributed by atoms with van der Waals surface area (Å²) in [7, 11) is 1.96. The van der Waals surface area contributed by atoms with E-state index in [2.05, 4.69) is 12.2 Å². The van der Waals surface area contributed by atoms with Gasteiger partial charge in [0.1, 0.15) is 0 Å². The van der Waals surface area contributed by atoms with E-state index < -0.39 is 0 Å². The van der Waals surface area contributed by atoms with Crippen molar-refractivity contribution in [2.45, 2.75) is 46.1 Å². The molecule has 2 unspecified atom stereocenters. The number of ether oxygens (including phenoxy) is 1. The van der Waals surface area contributed by atoms with Crippen molar-refractivity contribution in [2.24, 2.45) is 5.92 Å². The van der Waals surface area contributed by atoms with Gasteiger partial charge in [0.15, 0.2) is 0 Å². The lowest BCUT2D eigenvalue weighted by molar-refractivity contribution is -0.147. The van der Waals surface area contributed by atoms with Crippen LogP contribution < -0.4 is 5.32 Å². The fraction of sp³-hybridized carbons (Fsp3) is 0.909. The highest BCUT2D eigenvalue weighted by Crippen LogP contribution is 2.10. The monoisotopic (exact) mass is 201 g/mol. The van der Waals surface area contributed by atoms with Gasteiger partial charge in [0.05, 0.1) is 12.5 Å². The maximum absolute atomic E-state index is 11.3. The van der Waals surface area contributed by atoms with Gasteiger partial charge in [-0.2, -0.15) is 0 Å². The SMILES string of the molecule is CCOC(=O)C(C)CCCC(C)NC. The Hall–Kier alpha value is -0.570. The fourth-order valence-electron chi connectivity index (χ4n) is 1.28. The summed E-state index contributed by atoms with van der Waals surface area (Å²) in [6.07, 6.45) is 3.10. The third kappa shape index (κ3) is 5.97. The smallest absolute Gasteiger partial charge is 0.308 e. The number of nitrogens with one attached hydrogen (secondary N) is 1. The molecule has 0 aliphatic heterocycles. The molecular formula is C11H23NO2. The average molecular weight is 201 g/mol. The molecule has 3 heteroatoms. The number of hydrogen-bond donors (Lipinski definition) is 1. The molecule has 3 nitrogen and oxygen atoms in total. The van der Waals surface area contributed by atoms with Gasteiger partial charge in [0.2, 0.25) is 0 Å². The number of hydrogen-bond acceptors (Lipinski definition) is 3. The van der Waals surface area contributed by atoms with Crippen LogP contribution in [0.25, 0.3) is 0 Å². The summed E-state index contributed by atoms with van der Waals surface area (Å²) in [5, 5.41) is 3.18. The zero-order valence-electron chi connectivity index (χ0n) is 9.80. The van der Waals surface area contributed by atoms with Crippen LogP contribution in [-0.2, 0) is 9.53 Å². The van der Waals surface area contributed by atoms with E-state index in [4.69, 9.17) is 4.74 Å². The predicted molar refractivity (Wildman–Crippen MR) is 58.2 cm³/mol. The summed E-state index contributed by atoms with van der Waals surface area (Å²) in [6, 6.07) is 0.532. The molecular weight excluding hydrogens is 178 g/mol. The molecule has 0 aromatic carbocycles. The first-order valence-corrected chi connectivity index (χ1v) is 5.45. The molecule has 2 atom stereocenters. The Morgan fingerprint density at radius 1 is 1.36 bits per heavy atom. The Morgan fingerprint density at radius 3 is 2.50 bits per heavy atom. The van der Waals surface area contributed by atoms with Crippen molar-refractivity contribution in [3.8, 4) is 0 Å². The van der Waals surface area contributed by atoms with Gasteiger partial charge in [0.25, 0.3) is 0 Å². The predicted octanol–water partition coefficient (Wildman–Crippen LogP) is 1.96. The minimum Gasteiger partial charge on any atom is -0.466 e. The second-order valence-corrected chi connectivity index (χ2v) is 3.77. The molecule has 0 spiro atoms. The number of esters is 1. The Labute approximate surface area is 87.2 Å². The van der Waals surface area contributed by atoms with Gasteiger partial charge in [0, 0.05) is 6.04 Å². The van der Waals surface area contributed by atoms with Crippen molar-refractivity contribution in [1.82, 2.24) is 5.32 Å². The summed E-state index contributed by atoms with van der Waals surface area (Å²) in [4.78, 5) is 11.3. The zero-order valence-corrected chi connectivity index (χ0v) is 9.80. The van der Waals surface area contributed by atoms with Crippen LogP contribution in [0, 0.1) is 5.92 Å². The number of rotatable bonds is 7. The van der Waals surface area contributed by atoms with Crippen LogP contribution in [0.1, 0.15) is 40.0 Å². The van der Waals surface area contributed by atoms with E-state index >= 15 is 0 Å². The zero-order chi connectivity index (χ0) is 11.0. The van der Waals surface area contributed by atoms with E-state index in [-0.39, 0.29) is 11.9 Å². The van der Waals surface area contributed by atoms with E-state index in [1.807, 2.05) is 20.9 Å². The molecule has 0 radical (unpaired) electrons. The maximum Gasteiger partial charge on any atom is 0.308 e. The minimum absolute atomic E-state index is 0.0407. The standard InChI is InChI=1S/C11H23NO2/c1-5-14-11(13)9(2)7-6-8-10(3)12-4/h9-10,12H,5-8H2,1-4H3. The number of carbonyl (C=O) groups excluding carboxylic acids is 1. The fourth-order valence-corrected chi connectivity index (χ4v) is 1.28. The van der Waals surface area contributed by atoms with Crippen LogP contribution in [0.4, 0.5) is 0 Å². The lowest BCUT2D eigenvalue weighted by Gasteiger charge is -2.12. The molecule has 0 saturated carbocycles. The molecule has 0 saturated heterocycles. The van der Waals surface area contributed by atoms with E-state index in [1.165, 1.54) is 0 Å². The summed E-state index contributed by atoms with van der Waals surface area (Å²) in [5.41, 5.74) is 0. The van der Waals surface area contributed by atoms with Crippen molar-refractivity contribution in [1.29, 1.82) is 0 Å². The van der Waals surface area contributed by atoms with Crippen molar-refractivity contribution < 1.29 is 9.53 Å². The van der Waals surface area contributed by atoms with E-state index in [1.54, 1.807) is 0 Å².